The SMILES string of the molecule is CCOc1ccccc1NC(=O)NCCCOc1ccc(C)cc1. The molecule has 0 saturated carbocycles. The molecule has 0 fully saturated rings. The Morgan fingerprint density at radius 1 is 1.04 bits per heavy atom. The van der Waals surface area contributed by atoms with Crippen LogP contribution in [0.1, 0.15) is 18.9 Å². The number of rotatable bonds is 8. The van der Waals surface area contributed by atoms with Gasteiger partial charge in [-0.25, -0.2) is 4.79 Å². The number of carbonyl (C=O) groups excluding carboxylic acids is 1. The van der Waals surface area contributed by atoms with E-state index in [0.717, 1.165) is 12.2 Å². The highest BCUT2D eigenvalue weighted by atomic mass is 16.5. The average molecular weight is 328 g/mol. The molecule has 24 heavy (non-hydrogen) atoms. The Bertz CT molecular complexity index is 641. The molecule has 0 aromatic heterocycles. The van der Waals surface area contributed by atoms with Gasteiger partial charge in [0.25, 0.3) is 0 Å². The van der Waals surface area contributed by atoms with Crippen molar-refractivity contribution in [3.63, 3.8) is 0 Å². The van der Waals surface area contributed by atoms with E-state index in [0.29, 0.717) is 31.2 Å². The fraction of sp³-hybridized carbons (Fsp3) is 0.316. The topological polar surface area (TPSA) is 59.6 Å². The molecule has 2 aromatic carbocycles. The van der Waals surface area contributed by atoms with Crippen molar-refractivity contribution in [1.82, 2.24) is 5.32 Å². The second-order valence-corrected chi connectivity index (χ2v) is 5.33. The highest BCUT2D eigenvalue weighted by Crippen LogP contribution is 2.23. The number of benzene rings is 2. The molecule has 0 aliphatic rings. The zero-order valence-corrected chi connectivity index (χ0v) is 14.2. The van der Waals surface area contributed by atoms with Crippen LogP contribution < -0.4 is 20.1 Å². The largest absolute Gasteiger partial charge is 0.494 e. The van der Waals surface area contributed by atoms with Crippen LogP contribution in [-0.2, 0) is 0 Å². The maximum atomic E-state index is 11.9. The lowest BCUT2D eigenvalue weighted by Crippen LogP contribution is -2.30. The van der Waals surface area contributed by atoms with E-state index >= 15 is 0 Å². The minimum Gasteiger partial charge on any atom is -0.494 e. The molecule has 0 saturated heterocycles. The normalized spacial score (nSPS) is 10.1. The Morgan fingerprint density at radius 2 is 1.79 bits per heavy atom. The molecule has 2 aromatic rings. The lowest BCUT2D eigenvalue weighted by atomic mass is 10.2. The summed E-state index contributed by atoms with van der Waals surface area (Å²) in [6.45, 7) is 5.59. The van der Waals surface area contributed by atoms with Gasteiger partial charge in [0.15, 0.2) is 0 Å². The Labute approximate surface area is 143 Å². The standard InChI is InChI=1S/C19H24N2O3/c1-3-23-18-8-5-4-7-17(18)21-19(22)20-13-6-14-24-16-11-9-15(2)10-12-16/h4-5,7-12H,3,6,13-14H2,1-2H3,(H2,20,21,22). The molecule has 0 unspecified atom stereocenters. The van der Waals surface area contributed by atoms with E-state index in [1.807, 2.05) is 62.4 Å². The van der Waals surface area contributed by atoms with Crippen LogP contribution >= 0.6 is 0 Å². The highest BCUT2D eigenvalue weighted by Gasteiger charge is 2.06. The van der Waals surface area contributed by atoms with E-state index in [2.05, 4.69) is 10.6 Å². The summed E-state index contributed by atoms with van der Waals surface area (Å²) < 4.78 is 11.1. The van der Waals surface area contributed by atoms with E-state index in [1.54, 1.807) is 0 Å². The average Bonchev–Trinajstić information content (AvgIpc) is 2.58. The molecule has 0 aliphatic carbocycles. The van der Waals surface area contributed by atoms with E-state index < -0.39 is 0 Å². The number of hydrogen-bond donors (Lipinski definition) is 2. The van der Waals surface area contributed by atoms with E-state index in [9.17, 15) is 4.79 Å². The molecule has 5 nitrogen and oxygen atoms in total. The number of carbonyl (C=O) groups is 1. The van der Waals surface area contributed by atoms with Crippen molar-refractivity contribution in [2.75, 3.05) is 25.1 Å². The molecule has 2 N–H and O–H groups in total. The van der Waals surface area contributed by atoms with Crippen LogP contribution in [0.5, 0.6) is 11.5 Å². The second kappa shape index (κ2) is 9.45. The van der Waals surface area contributed by atoms with Crippen molar-refractivity contribution in [2.24, 2.45) is 0 Å². The van der Waals surface area contributed by atoms with E-state index in [-0.39, 0.29) is 6.03 Å². The Kier molecular flexibility index (Phi) is 6.95. The molecule has 0 heterocycles. The summed E-state index contributed by atoms with van der Waals surface area (Å²) in [5.74, 6) is 1.51. The molecule has 2 amide bonds. The zero-order valence-electron chi connectivity index (χ0n) is 14.2. The van der Waals surface area contributed by atoms with Crippen LogP contribution in [0.15, 0.2) is 48.5 Å². The van der Waals surface area contributed by atoms with Crippen molar-refractivity contribution in [3.8, 4) is 11.5 Å². The van der Waals surface area contributed by atoms with Gasteiger partial charge < -0.3 is 20.1 Å². The van der Waals surface area contributed by atoms with E-state index in [4.69, 9.17) is 9.47 Å². The maximum absolute atomic E-state index is 11.9. The third-order valence-corrected chi connectivity index (χ3v) is 3.33. The minimum atomic E-state index is -0.252. The van der Waals surface area contributed by atoms with Gasteiger partial charge in [-0.3, -0.25) is 0 Å². The first-order valence-corrected chi connectivity index (χ1v) is 8.15. The van der Waals surface area contributed by atoms with Gasteiger partial charge in [0.1, 0.15) is 11.5 Å². The fourth-order valence-corrected chi connectivity index (χ4v) is 2.12. The Balaban J connectivity index is 1.67. The number of nitrogens with one attached hydrogen (secondary N) is 2. The number of ether oxygens (including phenoxy) is 2. The Hall–Kier alpha value is -2.69. The van der Waals surface area contributed by atoms with Crippen LogP contribution in [0.4, 0.5) is 10.5 Å². The number of urea groups is 1. The molecule has 0 spiro atoms. The van der Waals surface area contributed by atoms with Crippen LogP contribution in [0.2, 0.25) is 0 Å². The number of anilines is 1. The smallest absolute Gasteiger partial charge is 0.319 e. The maximum Gasteiger partial charge on any atom is 0.319 e. The van der Waals surface area contributed by atoms with Crippen LogP contribution in [-0.4, -0.2) is 25.8 Å². The van der Waals surface area contributed by atoms with Gasteiger partial charge in [-0.2, -0.15) is 0 Å². The molecular formula is C19H24N2O3. The summed E-state index contributed by atoms with van der Waals surface area (Å²) in [5.41, 5.74) is 1.86. The van der Waals surface area contributed by atoms with E-state index in [1.165, 1.54) is 5.56 Å². The van der Waals surface area contributed by atoms with Gasteiger partial charge in [-0.15, -0.1) is 0 Å². The van der Waals surface area contributed by atoms with Crippen LogP contribution in [0.25, 0.3) is 0 Å². The molecule has 0 bridgehead atoms. The van der Waals surface area contributed by atoms with Gasteiger partial charge in [0.05, 0.1) is 18.9 Å². The molecule has 2 rings (SSSR count). The van der Waals surface area contributed by atoms with Crippen LogP contribution in [0, 0.1) is 6.92 Å². The molecule has 0 atom stereocenters. The van der Waals surface area contributed by atoms with Gasteiger partial charge in [-0.1, -0.05) is 29.8 Å². The fourth-order valence-electron chi connectivity index (χ4n) is 2.12. The second-order valence-electron chi connectivity index (χ2n) is 5.33. The molecule has 128 valence electrons. The quantitative estimate of drug-likeness (QED) is 0.721. The molecule has 0 radical (unpaired) electrons. The third-order valence-electron chi connectivity index (χ3n) is 3.33. The number of hydrogen-bond acceptors (Lipinski definition) is 3. The summed E-state index contributed by atoms with van der Waals surface area (Å²) in [4.78, 5) is 11.9. The molecule has 5 heteroatoms. The molecule has 0 aliphatic heterocycles. The predicted molar refractivity (Wildman–Crippen MR) is 95.9 cm³/mol. The van der Waals surface area contributed by atoms with Gasteiger partial charge in [-0.05, 0) is 44.5 Å². The monoisotopic (exact) mass is 328 g/mol. The number of amides is 2. The first-order valence-electron chi connectivity index (χ1n) is 8.15. The first-order chi connectivity index (χ1) is 11.7. The van der Waals surface area contributed by atoms with Crippen molar-refractivity contribution >= 4 is 11.7 Å². The lowest BCUT2D eigenvalue weighted by molar-refractivity contribution is 0.250. The summed E-state index contributed by atoms with van der Waals surface area (Å²) in [6, 6.07) is 15.0. The van der Waals surface area contributed by atoms with Crippen LogP contribution in [0.3, 0.4) is 0 Å². The predicted octanol–water partition coefficient (Wildman–Crippen LogP) is 3.98. The highest BCUT2D eigenvalue weighted by molar-refractivity contribution is 5.90. The first kappa shape index (κ1) is 17.7. The molecular weight excluding hydrogens is 304 g/mol. The lowest BCUT2D eigenvalue weighted by Gasteiger charge is -2.12. The number of para-hydroxylation sites is 2. The third kappa shape index (κ3) is 5.83. The van der Waals surface area contributed by atoms with Crippen molar-refractivity contribution in [2.45, 2.75) is 20.3 Å². The number of aryl methyl sites for hydroxylation is 1. The summed E-state index contributed by atoms with van der Waals surface area (Å²) in [7, 11) is 0. The summed E-state index contributed by atoms with van der Waals surface area (Å²) in [5, 5.41) is 5.60. The van der Waals surface area contributed by atoms with Crippen molar-refractivity contribution in [1.29, 1.82) is 0 Å². The summed E-state index contributed by atoms with van der Waals surface area (Å²) >= 11 is 0. The van der Waals surface area contributed by atoms with Crippen molar-refractivity contribution < 1.29 is 14.3 Å². The zero-order chi connectivity index (χ0) is 17.2. The summed E-state index contributed by atoms with van der Waals surface area (Å²) in [6.07, 6.45) is 0.731. The Morgan fingerprint density at radius 3 is 2.54 bits per heavy atom. The minimum absolute atomic E-state index is 0.252. The van der Waals surface area contributed by atoms with Crippen molar-refractivity contribution in [3.05, 3.63) is 54.1 Å². The van der Waals surface area contributed by atoms with Gasteiger partial charge >= 0.3 is 6.03 Å². The van der Waals surface area contributed by atoms with Gasteiger partial charge in [0, 0.05) is 6.54 Å². The van der Waals surface area contributed by atoms with Gasteiger partial charge in [0.2, 0.25) is 0 Å².